The summed E-state index contributed by atoms with van der Waals surface area (Å²) in [6.45, 7) is 2.92. The van der Waals surface area contributed by atoms with Gasteiger partial charge in [-0.1, -0.05) is 24.1 Å². The third kappa shape index (κ3) is 3.12. The van der Waals surface area contributed by atoms with Crippen LogP contribution in [-0.2, 0) is 0 Å². The summed E-state index contributed by atoms with van der Waals surface area (Å²) in [4.78, 5) is 10.2. The van der Waals surface area contributed by atoms with Gasteiger partial charge in [0.25, 0.3) is 0 Å². The monoisotopic (exact) mass is 344 g/mol. The molecule has 122 valence electrons. The van der Waals surface area contributed by atoms with Crippen LogP contribution in [0.2, 0.25) is 0 Å². The molecule has 0 aliphatic carbocycles. The number of hydrogen-bond acceptors (Lipinski definition) is 4. The fourth-order valence-corrected chi connectivity index (χ4v) is 3.30. The van der Waals surface area contributed by atoms with Crippen molar-refractivity contribution in [2.24, 2.45) is 0 Å². The number of nitrogens with zero attached hydrogens (tertiary/aromatic N) is 3. The number of anilines is 1. The topological polar surface area (TPSA) is 42.2 Å². The predicted octanol–water partition coefficient (Wildman–Crippen LogP) is 4.29. The summed E-state index contributed by atoms with van der Waals surface area (Å²) in [6, 6.07) is 13.9. The zero-order valence-electron chi connectivity index (χ0n) is 13.7. The summed E-state index contributed by atoms with van der Waals surface area (Å²) in [6.07, 6.45) is 3.86. The van der Waals surface area contributed by atoms with Gasteiger partial charge >= 0.3 is 0 Å². The van der Waals surface area contributed by atoms with Crippen LogP contribution in [0.15, 0.2) is 60.2 Å². The van der Waals surface area contributed by atoms with Gasteiger partial charge in [-0.3, -0.25) is 4.40 Å². The van der Waals surface area contributed by atoms with Gasteiger partial charge in [-0.05, 0) is 37.1 Å². The molecule has 1 aromatic carbocycles. The van der Waals surface area contributed by atoms with Crippen molar-refractivity contribution in [1.82, 2.24) is 14.4 Å². The van der Waals surface area contributed by atoms with Crippen molar-refractivity contribution in [2.45, 2.75) is 6.92 Å². The van der Waals surface area contributed by atoms with Crippen molar-refractivity contribution in [3.8, 4) is 23.1 Å². The van der Waals surface area contributed by atoms with Gasteiger partial charge in [0, 0.05) is 35.4 Å². The normalized spacial score (nSPS) is 10.4. The summed E-state index contributed by atoms with van der Waals surface area (Å²) in [5.41, 5.74) is 3.64. The lowest BCUT2D eigenvalue weighted by molar-refractivity contribution is 1.13. The first kappa shape index (κ1) is 15.4. The maximum Gasteiger partial charge on any atom is 0.195 e. The van der Waals surface area contributed by atoms with Gasteiger partial charge in [0.15, 0.2) is 4.96 Å². The van der Waals surface area contributed by atoms with Crippen molar-refractivity contribution in [3.63, 3.8) is 0 Å². The summed E-state index contributed by atoms with van der Waals surface area (Å²) < 4.78 is 2.08. The van der Waals surface area contributed by atoms with Crippen LogP contribution in [0.5, 0.6) is 0 Å². The van der Waals surface area contributed by atoms with Crippen molar-refractivity contribution < 1.29 is 0 Å². The first-order valence-corrected chi connectivity index (χ1v) is 8.96. The fourth-order valence-electron chi connectivity index (χ4n) is 2.59. The molecule has 0 amide bonds. The SMILES string of the molecule is CCNc1c(-c2ccc(C#Cc3ccccc3)nc2)nc2sccn12. The Kier molecular flexibility index (Phi) is 4.19. The molecule has 4 nitrogen and oxygen atoms in total. The molecular weight excluding hydrogens is 328 g/mol. The Morgan fingerprint density at radius 1 is 1.12 bits per heavy atom. The minimum absolute atomic E-state index is 0.749. The third-order valence-corrected chi connectivity index (χ3v) is 4.51. The molecule has 0 aliphatic heterocycles. The minimum Gasteiger partial charge on any atom is -0.370 e. The molecule has 3 aromatic heterocycles. The van der Waals surface area contributed by atoms with Gasteiger partial charge in [-0.2, -0.15) is 0 Å². The molecule has 0 saturated carbocycles. The highest BCUT2D eigenvalue weighted by molar-refractivity contribution is 7.15. The molecule has 0 unspecified atom stereocenters. The highest BCUT2D eigenvalue weighted by Gasteiger charge is 2.14. The number of pyridine rings is 1. The van der Waals surface area contributed by atoms with Gasteiger partial charge in [0.05, 0.1) is 0 Å². The van der Waals surface area contributed by atoms with E-state index >= 15 is 0 Å². The number of fused-ring (bicyclic) bond motifs is 1. The van der Waals surface area contributed by atoms with E-state index in [-0.39, 0.29) is 0 Å². The largest absolute Gasteiger partial charge is 0.370 e. The second-order valence-corrected chi connectivity index (χ2v) is 6.32. The number of thiazole rings is 1. The lowest BCUT2D eigenvalue weighted by Crippen LogP contribution is -2.01. The second-order valence-electron chi connectivity index (χ2n) is 5.44. The standard InChI is InChI=1S/C20H16N4S/c1-2-21-19-18(23-20-24(19)12-13-25-20)16-9-11-17(22-14-16)10-8-15-6-4-3-5-7-15/h3-7,9,11-14,21H,2H2,1H3. The lowest BCUT2D eigenvalue weighted by atomic mass is 10.2. The molecule has 0 radical (unpaired) electrons. The number of benzene rings is 1. The quantitative estimate of drug-likeness (QED) is 0.564. The fraction of sp³-hybridized carbons (Fsp3) is 0.100. The van der Waals surface area contributed by atoms with Crippen molar-refractivity contribution in [1.29, 1.82) is 0 Å². The maximum atomic E-state index is 4.73. The highest BCUT2D eigenvalue weighted by Crippen LogP contribution is 2.30. The van der Waals surface area contributed by atoms with E-state index in [1.807, 2.05) is 60.2 Å². The second kappa shape index (κ2) is 6.80. The average Bonchev–Trinajstić information content (AvgIpc) is 3.24. The molecule has 0 atom stereocenters. The van der Waals surface area contributed by atoms with Gasteiger partial charge in [0.2, 0.25) is 0 Å². The Morgan fingerprint density at radius 2 is 2.00 bits per heavy atom. The number of nitrogens with one attached hydrogen (secondary N) is 1. The molecule has 4 aromatic rings. The van der Waals surface area contributed by atoms with E-state index in [0.29, 0.717) is 0 Å². The van der Waals surface area contributed by atoms with Crippen molar-refractivity contribution >= 4 is 22.1 Å². The Hall–Kier alpha value is -3.10. The van der Waals surface area contributed by atoms with Crippen molar-refractivity contribution in [3.05, 3.63) is 71.5 Å². The Balaban J connectivity index is 1.66. The average molecular weight is 344 g/mol. The first-order chi connectivity index (χ1) is 12.3. The molecule has 3 heterocycles. The number of imidazole rings is 1. The molecular formula is C20H16N4S. The third-order valence-electron chi connectivity index (χ3n) is 3.75. The van der Waals surface area contributed by atoms with Crippen molar-refractivity contribution in [2.75, 3.05) is 11.9 Å². The highest BCUT2D eigenvalue weighted by atomic mass is 32.1. The van der Waals surface area contributed by atoms with Crippen LogP contribution in [0.3, 0.4) is 0 Å². The molecule has 5 heteroatoms. The van der Waals surface area contributed by atoms with Gasteiger partial charge in [-0.15, -0.1) is 11.3 Å². The van der Waals surface area contributed by atoms with E-state index < -0.39 is 0 Å². The van der Waals surface area contributed by atoms with Gasteiger partial charge in [0.1, 0.15) is 17.2 Å². The predicted molar refractivity (Wildman–Crippen MR) is 103 cm³/mol. The van der Waals surface area contributed by atoms with E-state index in [1.165, 1.54) is 0 Å². The molecule has 0 bridgehead atoms. The zero-order chi connectivity index (χ0) is 17.1. The van der Waals surface area contributed by atoms with Crippen LogP contribution >= 0.6 is 11.3 Å². The van der Waals surface area contributed by atoms with E-state index in [0.717, 1.165) is 39.8 Å². The summed E-state index contributed by atoms with van der Waals surface area (Å²) in [7, 11) is 0. The van der Waals surface area contributed by atoms with Crippen LogP contribution < -0.4 is 5.32 Å². The zero-order valence-corrected chi connectivity index (χ0v) is 14.5. The molecule has 0 spiro atoms. The van der Waals surface area contributed by atoms with E-state index in [4.69, 9.17) is 4.98 Å². The Morgan fingerprint density at radius 3 is 2.76 bits per heavy atom. The van der Waals surface area contributed by atoms with E-state index in [1.54, 1.807) is 11.3 Å². The van der Waals surface area contributed by atoms with Crippen LogP contribution in [0.4, 0.5) is 5.82 Å². The van der Waals surface area contributed by atoms with Crippen LogP contribution in [0.25, 0.3) is 16.2 Å². The van der Waals surface area contributed by atoms with E-state index in [2.05, 4.69) is 33.5 Å². The van der Waals surface area contributed by atoms with Crippen LogP contribution in [0, 0.1) is 11.8 Å². The summed E-state index contributed by atoms with van der Waals surface area (Å²) in [5, 5.41) is 5.43. The molecule has 0 saturated heterocycles. The molecule has 25 heavy (non-hydrogen) atoms. The lowest BCUT2D eigenvalue weighted by Gasteiger charge is -2.05. The van der Waals surface area contributed by atoms with Gasteiger partial charge < -0.3 is 5.32 Å². The Labute approximate surface area is 150 Å². The van der Waals surface area contributed by atoms with Crippen LogP contribution in [-0.4, -0.2) is 20.9 Å². The summed E-state index contributed by atoms with van der Waals surface area (Å²) in [5.74, 6) is 7.23. The maximum absolute atomic E-state index is 4.73. The molecule has 1 N–H and O–H groups in total. The van der Waals surface area contributed by atoms with Gasteiger partial charge in [-0.25, -0.2) is 9.97 Å². The van der Waals surface area contributed by atoms with Crippen LogP contribution in [0.1, 0.15) is 18.2 Å². The number of rotatable bonds is 3. The summed E-state index contributed by atoms with van der Waals surface area (Å²) >= 11 is 1.62. The minimum atomic E-state index is 0.749. The number of aromatic nitrogens is 3. The number of hydrogen-bond donors (Lipinski definition) is 1. The smallest absolute Gasteiger partial charge is 0.195 e. The first-order valence-electron chi connectivity index (χ1n) is 8.08. The molecule has 0 fully saturated rings. The molecule has 4 rings (SSSR count). The van der Waals surface area contributed by atoms with E-state index in [9.17, 15) is 0 Å². The molecule has 0 aliphatic rings. The Bertz CT molecular complexity index is 1050.